The molecule has 4 aromatic rings. The van der Waals surface area contributed by atoms with E-state index in [9.17, 15) is 4.79 Å². The average molecular weight is 487 g/mol. The number of benzene rings is 2. The van der Waals surface area contributed by atoms with E-state index in [-0.39, 0.29) is 5.97 Å². The number of carbonyl (C=O) groups is 1. The molecule has 0 bridgehead atoms. The molecule has 188 valence electrons. The quantitative estimate of drug-likeness (QED) is 0.160. The van der Waals surface area contributed by atoms with E-state index in [2.05, 4.69) is 41.8 Å². The SMILES string of the molecule is CCOC(=O)CCCCCOc1ccccc1Cn1c(C)cnc1-c1ccc(-c2ccc(C)o2)cc1. The smallest absolute Gasteiger partial charge is 0.305 e. The van der Waals surface area contributed by atoms with Gasteiger partial charge in [0.15, 0.2) is 0 Å². The van der Waals surface area contributed by atoms with E-state index in [1.54, 1.807) is 0 Å². The van der Waals surface area contributed by atoms with Crippen molar-refractivity contribution in [3.8, 4) is 28.5 Å². The zero-order chi connectivity index (χ0) is 25.3. The van der Waals surface area contributed by atoms with Gasteiger partial charge in [0, 0.05) is 35.0 Å². The molecule has 0 saturated carbocycles. The van der Waals surface area contributed by atoms with Gasteiger partial charge in [-0.25, -0.2) is 4.98 Å². The maximum Gasteiger partial charge on any atom is 0.305 e. The van der Waals surface area contributed by atoms with E-state index < -0.39 is 0 Å². The highest BCUT2D eigenvalue weighted by Crippen LogP contribution is 2.28. The number of furan rings is 1. The zero-order valence-electron chi connectivity index (χ0n) is 21.3. The highest BCUT2D eigenvalue weighted by Gasteiger charge is 2.13. The van der Waals surface area contributed by atoms with Gasteiger partial charge < -0.3 is 18.5 Å². The highest BCUT2D eigenvalue weighted by atomic mass is 16.5. The van der Waals surface area contributed by atoms with E-state index in [0.29, 0.717) is 26.2 Å². The van der Waals surface area contributed by atoms with Crippen molar-refractivity contribution in [2.45, 2.75) is 53.0 Å². The first-order valence-electron chi connectivity index (χ1n) is 12.6. The third-order valence-corrected chi connectivity index (χ3v) is 6.11. The van der Waals surface area contributed by atoms with Crippen LogP contribution in [0, 0.1) is 13.8 Å². The van der Waals surface area contributed by atoms with Gasteiger partial charge in [-0.3, -0.25) is 4.79 Å². The van der Waals surface area contributed by atoms with Crippen molar-refractivity contribution in [1.82, 2.24) is 9.55 Å². The number of rotatable bonds is 12. The Bertz CT molecular complexity index is 1270. The standard InChI is InChI=1S/C30H34N2O4/c1-4-34-29(33)12-6-5-9-19-35-27-11-8-7-10-26(27)21-32-22(2)20-31-30(32)25-16-14-24(15-17-25)28-18-13-23(3)36-28/h7-8,10-11,13-18,20H,4-6,9,12,19,21H2,1-3H3. The molecular formula is C30H34N2O4. The van der Waals surface area contributed by atoms with Crippen LogP contribution in [-0.4, -0.2) is 28.7 Å². The molecule has 0 atom stereocenters. The van der Waals surface area contributed by atoms with Crippen LogP contribution >= 0.6 is 0 Å². The minimum absolute atomic E-state index is 0.124. The molecule has 0 radical (unpaired) electrons. The molecule has 0 saturated heterocycles. The molecule has 0 N–H and O–H groups in total. The van der Waals surface area contributed by atoms with Crippen LogP contribution in [0.1, 0.15) is 49.6 Å². The predicted octanol–water partition coefficient (Wildman–Crippen LogP) is 6.98. The Hall–Kier alpha value is -3.80. The predicted molar refractivity (Wildman–Crippen MR) is 141 cm³/mol. The Morgan fingerprint density at radius 3 is 2.47 bits per heavy atom. The second kappa shape index (κ2) is 12.2. The van der Waals surface area contributed by atoms with Crippen molar-refractivity contribution >= 4 is 5.97 Å². The largest absolute Gasteiger partial charge is 0.493 e. The lowest BCUT2D eigenvalue weighted by molar-refractivity contribution is -0.143. The van der Waals surface area contributed by atoms with Crippen LogP contribution in [0.15, 0.2) is 71.3 Å². The van der Waals surface area contributed by atoms with Gasteiger partial charge in [0.1, 0.15) is 23.1 Å². The molecule has 0 aliphatic carbocycles. The van der Waals surface area contributed by atoms with Crippen LogP contribution < -0.4 is 4.74 Å². The molecule has 2 heterocycles. The zero-order valence-corrected chi connectivity index (χ0v) is 21.3. The van der Waals surface area contributed by atoms with Crippen LogP contribution in [0.3, 0.4) is 0 Å². The van der Waals surface area contributed by atoms with Crippen molar-refractivity contribution in [2.75, 3.05) is 13.2 Å². The minimum atomic E-state index is -0.124. The molecule has 6 nitrogen and oxygen atoms in total. The number of nitrogens with zero attached hydrogens (tertiary/aromatic N) is 2. The summed E-state index contributed by atoms with van der Waals surface area (Å²) in [5, 5.41) is 0. The van der Waals surface area contributed by atoms with Crippen LogP contribution in [-0.2, 0) is 16.1 Å². The molecule has 4 rings (SSSR count). The molecule has 6 heteroatoms. The summed E-state index contributed by atoms with van der Waals surface area (Å²) in [7, 11) is 0. The number of aromatic nitrogens is 2. The number of unbranched alkanes of at least 4 members (excludes halogenated alkanes) is 2. The molecule has 0 aliphatic heterocycles. The van der Waals surface area contributed by atoms with E-state index in [4.69, 9.17) is 18.9 Å². The van der Waals surface area contributed by atoms with Gasteiger partial charge in [0.2, 0.25) is 0 Å². The second-order valence-corrected chi connectivity index (χ2v) is 8.87. The fourth-order valence-corrected chi connectivity index (χ4v) is 4.17. The molecule has 2 aromatic heterocycles. The monoisotopic (exact) mass is 486 g/mol. The van der Waals surface area contributed by atoms with Crippen molar-refractivity contribution < 1.29 is 18.7 Å². The lowest BCUT2D eigenvalue weighted by atomic mass is 10.1. The first-order valence-corrected chi connectivity index (χ1v) is 12.6. The summed E-state index contributed by atoms with van der Waals surface area (Å²) in [6, 6.07) is 20.4. The number of esters is 1. The lowest BCUT2D eigenvalue weighted by Gasteiger charge is -2.15. The van der Waals surface area contributed by atoms with Crippen molar-refractivity contribution in [3.63, 3.8) is 0 Å². The summed E-state index contributed by atoms with van der Waals surface area (Å²) >= 11 is 0. The molecule has 0 aliphatic rings. The summed E-state index contributed by atoms with van der Waals surface area (Å²) in [5.41, 5.74) is 4.29. The normalized spacial score (nSPS) is 11.0. The Labute approximate surface area is 212 Å². The number of para-hydroxylation sites is 1. The van der Waals surface area contributed by atoms with Crippen LogP contribution in [0.2, 0.25) is 0 Å². The number of ether oxygens (including phenoxy) is 2. The van der Waals surface area contributed by atoms with E-state index in [1.807, 2.05) is 50.4 Å². The molecular weight excluding hydrogens is 452 g/mol. The second-order valence-electron chi connectivity index (χ2n) is 8.87. The van der Waals surface area contributed by atoms with Crippen molar-refractivity contribution in [3.05, 3.63) is 83.9 Å². The van der Waals surface area contributed by atoms with Gasteiger partial charge in [-0.15, -0.1) is 0 Å². The van der Waals surface area contributed by atoms with Crippen molar-refractivity contribution in [1.29, 1.82) is 0 Å². The fraction of sp³-hybridized carbons (Fsp3) is 0.333. The third kappa shape index (κ3) is 6.45. The first kappa shape index (κ1) is 25.3. The summed E-state index contributed by atoms with van der Waals surface area (Å²) in [4.78, 5) is 16.2. The van der Waals surface area contributed by atoms with Crippen LogP contribution in [0.4, 0.5) is 0 Å². The maximum absolute atomic E-state index is 11.5. The van der Waals surface area contributed by atoms with Crippen LogP contribution in [0.5, 0.6) is 5.75 Å². The van der Waals surface area contributed by atoms with E-state index in [0.717, 1.165) is 64.7 Å². The van der Waals surface area contributed by atoms with Crippen molar-refractivity contribution in [2.24, 2.45) is 0 Å². The maximum atomic E-state index is 11.5. The Kier molecular flexibility index (Phi) is 8.61. The Morgan fingerprint density at radius 2 is 1.72 bits per heavy atom. The number of hydrogen-bond acceptors (Lipinski definition) is 5. The Balaban J connectivity index is 1.40. The molecule has 0 fully saturated rings. The van der Waals surface area contributed by atoms with Gasteiger partial charge in [0.25, 0.3) is 0 Å². The van der Waals surface area contributed by atoms with Gasteiger partial charge in [-0.1, -0.05) is 42.5 Å². The van der Waals surface area contributed by atoms with Gasteiger partial charge >= 0.3 is 5.97 Å². The van der Waals surface area contributed by atoms with Gasteiger partial charge in [-0.2, -0.15) is 0 Å². The van der Waals surface area contributed by atoms with Crippen LogP contribution in [0.25, 0.3) is 22.7 Å². The molecule has 36 heavy (non-hydrogen) atoms. The summed E-state index contributed by atoms with van der Waals surface area (Å²) in [6.45, 7) is 7.57. The first-order chi connectivity index (χ1) is 17.5. The molecule has 0 amide bonds. The van der Waals surface area contributed by atoms with E-state index >= 15 is 0 Å². The average Bonchev–Trinajstić information content (AvgIpc) is 3.48. The topological polar surface area (TPSA) is 66.5 Å². The van der Waals surface area contributed by atoms with E-state index in [1.165, 1.54) is 0 Å². The number of hydrogen-bond donors (Lipinski definition) is 0. The Morgan fingerprint density at radius 1 is 0.944 bits per heavy atom. The molecule has 0 spiro atoms. The number of carbonyl (C=O) groups excluding carboxylic acids is 1. The fourth-order valence-electron chi connectivity index (χ4n) is 4.17. The number of aryl methyl sites for hydroxylation is 2. The minimum Gasteiger partial charge on any atom is -0.493 e. The number of imidazole rings is 1. The third-order valence-electron chi connectivity index (χ3n) is 6.11. The highest BCUT2D eigenvalue weighted by molar-refractivity contribution is 5.69. The van der Waals surface area contributed by atoms with Gasteiger partial charge in [0.05, 0.1) is 19.8 Å². The molecule has 0 unspecified atom stereocenters. The summed E-state index contributed by atoms with van der Waals surface area (Å²) in [6.07, 6.45) is 5.02. The summed E-state index contributed by atoms with van der Waals surface area (Å²) < 4.78 is 19.1. The summed E-state index contributed by atoms with van der Waals surface area (Å²) in [5.74, 6) is 3.44. The lowest BCUT2D eigenvalue weighted by Crippen LogP contribution is -2.07. The van der Waals surface area contributed by atoms with Gasteiger partial charge in [-0.05, 0) is 58.2 Å². The molecule has 2 aromatic carbocycles.